The first kappa shape index (κ1) is 10.5. The van der Waals surface area contributed by atoms with Gasteiger partial charge >= 0.3 is 0 Å². The minimum Gasteiger partial charge on any atom is -0.383 e. The number of nitrogens with zero attached hydrogens (tertiary/aromatic N) is 4. The molecule has 2 rings (SSSR count). The molecule has 0 radical (unpaired) electrons. The Kier molecular flexibility index (Phi) is 3.27. The lowest BCUT2D eigenvalue weighted by atomic mass is 10.4. The minimum absolute atomic E-state index is 0.513. The van der Waals surface area contributed by atoms with Crippen molar-refractivity contribution in [2.45, 2.75) is 25.9 Å². The maximum absolute atomic E-state index is 4.95. The van der Waals surface area contributed by atoms with Crippen LogP contribution in [0.5, 0.6) is 0 Å². The van der Waals surface area contributed by atoms with Gasteiger partial charge in [0.05, 0.1) is 19.2 Å². The molecule has 1 saturated carbocycles. The first-order valence-electron chi connectivity index (χ1n) is 5.29. The molecule has 2 unspecified atom stereocenters. The molecule has 0 saturated heterocycles. The van der Waals surface area contributed by atoms with E-state index in [4.69, 9.17) is 4.74 Å². The lowest BCUT2D eigenvalue weighted by Crippen LogP contribution is -2.21. The monoisotopic (exact) mass is 211 g/mol. The minimum atomic E-state index is 0.513. The van der Waals surface area contributed by atoms with Crippen molar-refractivity contribution in [1.82, 2.24) is 25.5 Å². The predicted octanol–water partition coefficient (Wildman–Crippen LogP) is -0.0100. The van der Waals surface area contributed by atoms with Crippen LogP contribution in [0.15, 0.2) is 0 Å². The second-order valence-electron chi connectivity index (χ2n) is 3.99. The van der Waals surface area contributed by atoms with Crippen LogP contribution in [0.4, 0.5) is 0 Å². The zero-order valence-corrected chi connectivity index (χ0v) is 9.18. The summed E-state index contributed by atoms with van der Waals surface area (Å²) < 4.78 is 6.88. The van der Waals surface area contributed by atoms with Crippen molar-refractivity contribution >= 4 is 0 Å². The van der Waals surface area contributed by atoms with Crippen LogP contribution in [0.25, 0.3) is 0 Å². The Bertz CT molecular complexity index is 313. The highest BCUT2D eigenvalue weighted by Crippen LogP contribution is 2.42. The third-order valence-electron chi connectivity index (χ3n) is 2.71. The number of tetrazole rings is 1. The van der Waals surface area contributed by atoms with Crippen molar-refractivity contribution < 1.29 is 4.74 Å². The molecule has 6 nitrogen and oxygen atoms in total. The highest BCUT2D eigenvalue weighted by molar-refractivity contribution is 4.93. The van der Waals surface area contributed by atoms with Gasteiger partial charge in [-0.05, 0) is 22.8 Å². The lowest BCUT2D eigenvalue weighted by Gasteiger charge is -2.04. The molecule has 1 heterocycles. The molecule has 0 bridgehead atoms. The molecule has 1 fully saturated rings. The van der Waals surface area contributed by atoms with E-state index in [0.29, 0.717) is 25.1 Å². The van der Waals surface area contributed by atoms with E-state index in [9.17, 15) is 0 Å². The van der Waals surface area contributed by atoms with Crippen molar-refractivity contribution in [2.24, 2.45) is 5.92 Å². The lowest BCUT2D eigenvalue weighted by molar-refractivity contribution is 0.198. The molecular formula is C9H17N5O. The summed E-state index contributed by atoms with van der Waals surface area (Å²) in [5, 5.41) is 15.0. The first-order valence-corrected chi connectivity index (χ1v) is 5.29. The van der Waals surface area contributed by atoms with Crippen molar-refractivity contribution in [1.29, 1.82) is 0 Å². The summed E-state index contributed by atoms with van der Waals surface area (Å²) in [6.45, 7) is 4.46. The zero-order chi connectivity index (χ0) is 10.7. The summed E-state index contributed by atoms with van der Waals surface area (Å²) in [6, 6.07) is 0.513. The van der Waals surface area contributed by atoms with Gasteiger partial charge in [0.25, 0.3) is 0 Å². The van der Waals surface area contributed by atoms with E-state index in [1.165, 1.54) is 6.42 Å². The van der Waals surface area contributed by atoms with Crippen molar-refractivity contribution in [3.05, 3.63) is 5.82 Å². The van der Waals surface area contributed by atoms with Crippen LogP contribution in [0.1, 0.15) is 25.2 Å². The molecule has 0 aliphatic heterocycles. The van der Waals surface area contributed by atoms with Gasteiger partial charge in [-0.15, -0.1) is 5.10 Å². The fourth-order valence-corrected chi connectivity index (χ4v) is 1.60. The quantitative estimate of drug-likeness (QED) is 0.670. The molecule has 1 aliphatic rings. The van der Waals surface area contributed by atoms with Crippen LogP contribution in [0, 0.1) is 5.92 Å². The van der Waals surface area contributed by atoms with Crippen molar-refractivity contribution in [2.75, 3.05) is 20.3 Å². The van der Waals surface area contributed by atoms with Gasteiger partial charge in [0.2, 0.25) is 0 Å². The number of hydrogen-bond acceptors (Lipinski definition) is 5. The van der Waals surface area contributed by atoms with E-state index in [1.54, 1.807) is 7.11 Å². The van der Waals surface area contributed by atoms with E-state index in [1.807, 2.05) is 4.68 Å². The van der Waals surface area contributed by atoms with E-state index in [0.717, 1.165) is 12.4 Å². The second kappa shape index (κ2) is 4.67. The van der Waals surface area contributed by atoms with Gasteiger partial charge in [0, 0.05) is 13.7 Å². The normalized spacial score (nSPS) is 24.4. The van der Waals surface area contributed by atoms with Gasteiger partial charge in [-0.1, -0.05) is 6.92 Å². The SMILES string of the molecule is COCCNCc1nnnn1C1CC1C. The smallest absolute Gasteiger partial charge is 0.165 e. The third kappa shape index (κ3) is 2.51. The predicted molar refractivity (Wildman–Crippen MR) is 54.2 cm³/mol. The molecule has 0 aromatic carbocycles. The number of hydrogen-bond donors (Lipinski definition) is 1. The van der Waals surface area contributed by atoms with E-state index in [2.05, 4.69) is 27.8 Å². The van der Waals surface area contributed by atoms with Crippen LogP contribution in [0.3, 0.4) is 0 Å². The van der Waals surface area contributed by atoms with Crippen LogP contribution < -0.4 is 5.32 Å². The third-order valence-corrected chi connectivity index (χ3v) is 2.71. The van der Waals surface area contributed by atoms with Gasteiger partial charge in [-0.25, -0.2) is 4.68 Å². The van der Waals surface area contributed by atoms with Crippen LogP contribution in [-0.4, -0.2) is 40.5 Å². The Morgan fingerprint density at radius 1 is 1.60 bits per heavy atom. The van der Waals surface area contributed by atoms with Gasteiger partial charge in [-0.3, -0.25) is 0 Å². The van der Waals surface area contributed by atoms with Gasteiger partial charge in [0.1, 0.15) is 0 Å². The molecule has 2 atom stereocenters. The summed E-state index contributed by atoms with van der Waals surface area (Å²) in [5.74, 6) is 1.63. The fourth-order valence-electron chi connectivity index (χ4n) is 1.60. The molecule has 6 heteroatoms. The largest absolute Gasteiger partial charge is 0.383 e. The summed E-state index contributed by atoms with van der Waals surface area (Å²) in [6.07, 6.45) is 1.19. The van der Waals surface area contributed by atoms with E-state index in [-0.39, 0.29) is 0 Å². The van der Waals surface area contributed by atoms with Gasteiger partial charge in [-0.2, -0.15) is 0 Å². The topological polar surface area (TPSA) is 64.9 Å². The summed E-state index contributed by atoms with van der Waals surface area (Å²) in [4.78, 5) is 0. The standard InChI is InChI=1S/C9H17N5O/c1-7-5-8(7)14-9(11-12-13-14)6-10-3-4-15-2/h7-8,10H,3-6H2,1-2H3. The maximum atomic E-state index is 4.95. The van der Waals surface area contributed by atoms with Gasteiger partial charge in [0.15, 0.2) is 5.82 Å². The van der Waals surface area contributed by atoms with Crippen LogP contribution >= 0.6 is 0 Å². The maximum Gasteiger partial charge on any atom is 0.165 e. The Labute approximate surface area is 89.0 Å². The average molecular weight is 211 g/mol. The molecule has 84 valence electrons. The number of aromatic nitrogens is 4. The highest BCUT2D eigenvalue weighted by Gasteiger charge is 2.37. The number of ether oxygens (including phenoxy) is 1. The molecule has 15 heavy (non-hydrogen) atoms. The van der Waals surface area contributed by atoms with Crippen molar-refractivity contribution in [3.8, 4) is 0 Å². The van der Waals surface area contributed by atoms with Gasteiger partial charge < -0.3 is 10.1 Å². The highest BCUT2D eigenvalue weighted by atomic mass is 16.5. The molecule has 0 spiro atoms. The van der Waals surface area contributed by atoms with Crippen LogP contribution in [-0.2, 0) is 11.3 Å². The summed E-state index contributed by atoms with van der Waals surface area (Å²) >= 11 is 0. The van der Waals surface area contributed by atoms with Crippen molar-refractivity contribution in [3.63, 3.8) is 0 Å². The first-order chi connectivity index (χ1) is 7.33. The molecule has 0 amide bonds. The fraction of sp³-hybridized carbons (Fsp3) is 0.889. The Morgan fingerprint density at radius 2 is 2.40 bits per heavy atom. The summed E-state index contributed by atoms with van der Waals surface area (Å²) in [7, 11) is 1.69. The average Bonchev–Trinajstić information content (AvgIpc) is 2.79. The Morgan fingerprint density at radius 3 is 3.07 bits per heavy atom. The Balaban J connectivity index is 1.83. The molecule has 1 aromatic rings. The molecule has 1 N–H and O–H groups in total. The van der Waals surface area contributed by atoms with E-state index >= 15 is 0 Å². The molecular weight excluding hydrogens is 194 g/mol. The second-order valence-corrected chi connectivity index (χ2v) is 3.99. The van der Waals surface area contributed by atoms with Crippen LogP contribution in [0.2, 0.25) is 0 Å². The number of rotatable bonds is 6. The number of methoxy groups -OCH3 is 1. The van der Waals surface area contributed by atoms with E-state index < -0.39 is 0 Å². The zero-order valence-electron chi connectivity index (χ0n) is 9.18. The summed E-state index contributed by atoms with van der Waals surface area (Å²) in [5.41, 5.74) is 0. The number of nitrogens with one attached hydrogen (secondary N) is 1. The molecule has 1 aromatic heterocycles. The molecule has 1 aliphatic carbocycles. The Hall–Kier alpha value is -1.01.